The smallest absolute Gasteiger partial charge is 0.237 e. The molecule has 0 saturated carbocycles. The fraction of sp³-hybridized carbons (Fsp3) is 0.500. The summed E-state index contributed by atoms with van der Waals surface area (Å²) in [7, 11) is 0. The fourth-order valence-electron chi connectivity index (χ4n) is 1.56. The van der Waals surface area contributed by atoms with Gasteiger partial charge in [0.1, 0.15) is 0 Å². The van der Waals surface area contributed by atoms with Crippen LogP contribution in [0.1, 0.15) is 39.3 Å². The number of hydrogen-bond acceptors (Lipinski definition) is 2. The molecule has 2 atom stereocenters. The highest BCUT2D eigenvalue weighted by atomic mass is 35.5. The van der Waals surface area contributed by atoms with Crippen molar-refractivity contribution < 1.29 is 4.79 Å². The molecule has 1 rings (SSSR count). The van der Waals surface area contributed by atoms with Crippen LogP contribution in [0.25, 0.3) is 0 Å². The molecule has 1 aromatic carbocycles. The minimum Gasteiger partial charge on any atom is -0.348 e. The lowest BCUT2D eigenvalue weighted by molar-refractivity contribution is -0.125. The highest BCUT2D eigenvalue weighted by molar-refractivity contribution is 6.30. The minimum absolute atomic E-state index is 0.107. The molecule has 4 heteroatoms. The molecule has 18 heavy (non-hydrogen) atoms. The van der Waals surface area contributed by atoms with Gasteiger partial charge in [0.15, 0.2) is 0 Å². The van der Waals surface area contributed by atoms with Crippen molar-refractivity contribution in [1.29, 1.82) is 0 Å². The van der Waals surface area contributed by atoms with E-state index in [4.69, 9.17) is 17.3 Å². The van der Waals surface area contributed by atoms with Crippen molar-refractivity contribution in [3.05, 3.63) is 34.9 Å². The van der Waals surface area contributed by atoms with E-state index in [1.807, 2.05) is 45.9 Å². The average Bonchev–Trinajstić information content (AvgIpc) is 2.26. The molecule has 0 aliphatic heterocycles. The zero-order chi connectivity index (χ0) is 13.9. The van der Waals surface area contributed by atoms with E-state index in [0.29, 0.717) is 5.02 Å². The van der Waals surface area contributed by atoms with Crippen LogP contribution in [-0.2, 0) is 4.79 Å². The number of carbonyl (C=O) groups excluding carboxylic acids is 1. The van der Waals surface area contributed by atoms with E-state index in [0.717, 1.165) is 5.56 Å². The van der Waals surface area contributed by atoms with Gasteiger partial charge < -0.3 is 11.1 Å². The van der Waals surface area contributed by atoms with Gasteiger partial charge in [0, 0.05) is 5.02 Å². The predicted molar refractivity (Wildman–Crippen MR) is 75.4 cm³/mol. The van der Waals surface area contributed by atoms with Crippen molar-refractivity contribution in [2.24, 2.45) is 11.1 Å². The first kappa shape index (κ1) is 15.0. The van der Waals surface area contributed by atoms with Crippen LogP contribution in [0.5, 0.6) is 0 Å². The monoisotopic (exact) mass is 268 g/mol. The summed E-state index contributed by atoms with van der Waals surface area (Å²) in [5.41, 5.74) is 6.63. The molecular weight excluding hydrogens is 248 g/mol. The predicted octanol–water partition coefficient (Wildman–Crippen LogP) is 2.89. The lowest BCUT2D eigenvalue weighted by atomic mass is 9.86. The summed E-state index contributed by atoms with van der Waals surface area (Å²) in [6.45, 7) is 7.75. The van der Waals surface area contributed by atoms with Gasteiger partial charge in [-0.15, -0.1) is 0 Å². The van der Waals surface area contributed by atoms with Gasteiger partial charge in [-0.2, -0.15) is 0 Å². The lowest BCUT2D eigenvalue weighted by Gasteiger charge is -2.27. The third-order valence-electron chi connectivity index (χ3n) is 2.92. The molecule has 0 bridgehead atoms. The number of hydrogen-bond donors (Lipinski definition) is 2. The van der Waals surface area contributed by atoms with Crippen LogP contribution in [0, 0.1) is 5.41 Å². The standard InChI is InChI=1S/C14H21ClN2O/c1-9(10-6-5-7-11(15)8-10)17-13(18)12(16)14(2,3)4/h5-9,12H,16H2,1-4H3,(H,17,18)/t9-,12?/m1/s1. The van der Waals surface area contributed by atoms with Crippen molar-refractivity contribution in [3.63, 3.8) is 0 Å². The Bertz CT molecular complexity index is 426. The summed E-state index contributed by atoms with van der Waals surface area (Å²) in [5.74, 6) is -0.144. The van der Waals surface area contributed by atoms with Crippen molar-refractivity contribution in [2.75, 3.05) is 0 Å². The zero-order valence-corrected chi connectivity index (χ0v) is 12.1. The maximum atomic E-state index is 12.0. The Morgan fingerprint density at radius 3 is 2.50 bits per heavy atom. The topological polar surface area (TPSA) is 55.1 Å². The van der Waals surface area contributed by atoms with Crippen LogP contribution in [0.3, 0.4) is 0 Å². The molecule has 0 saturated heterocycles. The first-order chi connectivity index (χ1) is 8.21. The molecule has 3 N–H and O–H groups in total. The first-order valence-corrected chi connectivity index (χ1v) is 6.41. The highest BCUT2D eigenvalue weighted by Gasteiger charge is 2.28. The summed E-state index contributed by atoms with van der Waals surface area (Å²) < 4.78 is 0. The molecule has 0 heterocycles. The quantitative estimate of drug-likeness (QED) is 0.886. The molecule has 1 amide bonds. The molecule has 100 valence electrons. The number of benzene rings is 1. The van der Waals surface area contributed by atoms with Gasteiger partial charge in [0.25, 0.3) is 0 Å². The molecular formula is C14H21ClN2O. The number of nitrogens with one attached hydrogen (secondary N) is 1. The van der Waals surface area contributed by atoms with E-state index in [1.165, 1.54) is 0 Å². The normalized spacial score (nSPS) is 15.0. The Morgan fingerprint density at radius 2 is 2.00 bits per heavy atom. The maximum Gasteiger partial charge on any atom is 0.237 e. The van der Waals surface area contributed by atoms with Crippen molar-refractivity contribution >= 4 is 17.5 Å². The van der Waals surface area contributed by atoms with Gasteiger partial charge in [-0.05, 0) is 30.0 Å². The third kappa shape index (κ3) is 4.00. The fourth-order valence-corrected chi connectivity index (χ4v) is 1.75. The first-order valence-electron chi connectivity index (χ1n) is 6.03. The third-order valence-corrected chi connectivity index (χ3v) is 3.16. The van der Waals surface area contributed by atoms with Gasteiger partial charge in [-0.25, -0.2) is 0 Å². The summed E-state index contributed by atoms with van der Waals surface area (Å²) in [4.78, 5) is 12.0. The Labute approximate surface area is 114 Å². The Hall–Kier alpha value is -1.06. The van der Waals surface area contributed by atoms with Crippen LogP contribution in [0.15, 0.2) is 24.3 Å². The van der Waals surface area contributed by atoms with Crippen LogP contribution in [-0.4, -0.2) is 11.9 Å². The van der Waals surface area contributed by atoms with Gasteiger partial charge in [-0.3, -0.25) is 4.79 Å². The average molecular weight is 269 g/mol. The molecule has 0 aliphatic rings. The summed E-state index contributed by atoms with van der Waals surface area (Å²) in [6.07, 6.45) is 0. The SMILES string of the molecule is C[C@@H](NC(=O)C(N)C(C)(C)C)c1cccc(Cl)c1. The number of rotatable bonds is 3. The van der Waals surface area contributed by atoms with Crippen molar-refractivity contribution in [3.8, 4) is 0 Å². The number of carbonyl (C=O) groups is 1. The second-order valence-corrected chi connectivity index (χ2v) is 6.07. The van der Waals surface area contributed by atoms with E-state index in [1.54, 1.807) is 6.07 Å². The highest BCUT2D eigenvalue weighted by Crippen LogP contribution is 2.20. The van der Waals surface area contributed by atoms with E-state index >= 15 is 0 Å². The molecule has 0 fully saturated rings. The number of amides is 1. The Kier molecular flexibility index (Phi) is 4.77. The largest absolute Gasteiger partial charge is 0.348 e. The number of halogens is 1. The second-order valence-electron chi connectivity index (χ2n) is 5.63. The molecule has 1 aromatic rings. The minimum atomic E-state index is -0.529. The zero-order valence-electron chi connectivity index (χ0n) is 11.3. The van der Waals surface area contributed by atoms with Crippen LogP contribution < -0.4 is 11.1 Å². The molecule has 1 unspecified atom stereocenters. The molecule has 0 aliphatic carbocycles. The van der Waals surface area contributed by atoms with E-state index < -0.39 is 6.04 Å². The van der Waals surface area contributed by atoms with Gasteiger partial charge in [-0.1, -0.05) is 44.5 Å². The Morgan fingerprint density at radius 1 is 1.39 bits per heavy atom. The van der Waals surface area contributed by atoms with Crippen LogP contribution >= 0.6 is 11.6 Å². The van der Waals surface area contributed by atoms with Gasteiger partial charge >= 0.3 is 0 Å². The van der Waals surface area contributed by atoms with Crippen LogP contribution in [0.4, 0.5) is 0 Å². The van der Waals surface area contributed by atoms with E-state index in [2.05, 4.69) is 5.32 Å². The maximum absolute atomic E-state index is 12.0. The van der Waals surface area contributed by atoms with E-state index in [-0.39, 0.29) is 17.4 Å². The van der Waals surface area contributed by atoms with Crippen molar-refractivity contribution in [2.45, 2.75) is 39.8 Å². The van der Waals surface area contributed by atoms with Crippen molar-refractivity contribution in [1.82, 2.24) is 5.32 Å². The summed E-state index contributed by atoms with van der Waals surface area (Å²) in [6, 6.07) is 6.81. The molecule has 3 nitrogen and oxygen atoms in total. The molecule has 0 radical (unpaired) electrons. The van der Waals surface area contributed by atoms with Gasteiger partial charge in [0.05, 0.1) is 12.1 Å². The molecule has 0 spiro atoms. The number of nitrogens with two attached hydrogens (primary N) is 1. The lowest BCUT2D eigenvalue weighted by Crippen LogP contribution is -2.49. The van der Waals surface area contributed by atoms with Gasteiger partial charge in [0.2, 0.25) is 5.91 Å². The Balaban J connectivity index is 2.71. The summed E-state index contributed by atoms with van der Waals surface area (Å²) >= 11 is 5.92. The summed E-state index contributed by atoms with van der Waals surface area (Å²) in [5, 5.41) is 3.57. The van der Waals surface area contributed by atoms with Crippen LogP contribution in [0.2, 0.25) is 5.02 Å². The van der Waals surface area contributed by atoms with E-state index in [9.17, 15) is 4.79 Å². The second kappa shape index (κ2) is 5.72. The molecule has 0 aromatic heterocycles.